The molecule has 5 aromatic carbocycles. The van der Waals surface area contributed by atoms with Gasteiger partial charge in [0.05, 0.1) is 5.56 Å². The number of halogens is 8. The lowest BCUT2D eigenvalue weighted by Crippen LogP contribution is -2.24. The van der Waals surface area contributed by atoms with Crippen molar-refractivity contribution in [2.24, 2.45) is 0 Å². The van der Waals surface area contributed by atoms with E-state index in [0.717, 1.165) is 5.56 Å². The van der Waals surface area contributed by atoms with Crippen LogP contribution in [0.2, 0.25) is 0 Å². The fourth-order valence-corrected chi connectivity index (χ4v) is 5.77. The van der Waals surface area contributed by atoms with Gasteiger partial charge in [0.15, 0.2) is 0 Å². The molecule has 1 aliphatic rings. The minimum atomic E-state index is -2.15. The van der Waals surface area contributed by atoms with Gasteiger partial charge < -0.3 is 4.74 Å². The molecule has 5 aromatic rings. The van der Waals surface area contributed by atoms with Crippen LogP contribution in [-0.2, 0) is 5.41 Å². The zero-order chi connectivity index (χ0) is 30.8. The number of ether oxygens (including phenoxy) is 1. The third kappa shape index (κ3) is 4.73. The number of benzene rings is 5. The van der Waals surface area contributed by atoms with E-state index in [0.29, 0.717) is 29.2 Å². The monoisotopic (exact) mass is 596 g/mol. The van der Waals surface area contributed by atoms with Crippen molar-refractivity contribution in [3.63, 3.8) is 0 Å². The van der Waals surface area contributed by atoms with Gasteiger partial charge in [-0.2, -0.15) is 0 Å². The first-order valence-electron chi connectivity index (χ1n) is 13.1. The van der Waals surface area contributed by atoms with Crippen molar-refractivity contribution in [2.45, 2.75) is 25.2 Å². The summed E-state index contributed by atoms with van der Waals surface area (Å²) in [5.41, 5.74) is -2.30. The standard InChI is InChI=1S/C34H20F8O/c1-34(2)20-5-3-4-6-28(20)43-29-8-7-16(9-21(29)34)30-22(37)10-17(11-23(30)38)31(32-24(39)12-18(35)13-25(32)40)33-26(41)14-19(36)15-27(33)42/h3-15,31H,1-2H3. The summed E-state index contributed by atoms with van der Waals surface area (Å²) in [7, 11) is 0. The van der Waals surface area contributed by atoms with Crippen molar-refractivity contribution in [3.8, 4) is 22.6 Å². The van der Waals surface area contributed by atoms with Crippen LogP contribution in [0.25, 0.3) is 11.1 Å². The Labute approximate surface area is 241 Å². The summed E-state index contributed by atoms with van der Waals surface area (Å²) < 4.78 is 125. The number of rotatable bonds is 4. The maximum atomic E-state index is 15.8. The van der Waals surface area contributed by atoms with Crippen LogP contribution in [0, 0.1) is 46.5 Å². The van der Waals surface area contributed by atoms with E-state index in [1.54, 1.807) is 12.1 Å². The van der Waals surface area contributed by atoms with Gasteiger partial charge in [-0.25, -0.2) is 35.1 Å². The van der Waals surface area contributed by atoms with Gasteiger partial charge in [0.2, 0.25) is 0 Å². The van der Waals surface area contributed by atoms with E-state index in [-0.39, 0.29) is 29.8 Å². The Hall–Kier alpha value is -4.66. The Bertz CT molecular complexity index is 1800. The molecule has 0 amide bonds. The first kappa shape index (κ1) is 28.5. The predicted octanol–water partition coefficient (Wildman–Crippen LogP) is 10.1. The molecule has 43 heavy (non-hydrogen) atoms. The molecular formula is C34H20F8O. The Kier molecular flexibility index (Phi) is 6.79. The summed E-state index contributed by atoms with van der Waals surface area (Å²) in [6.07, 6.45) is 0. The molecule has 1 nitrogen and oxygen atoms in total. The third-order valence-corrected chi connectivity index (χ3v) is 7.78. The summed E-state index contributed by atoms with van der Waals surface area (Å²) in [6, 6.07) is 14.3. The van der Waals surface area contributed by atoms with Gasteiger partial charge in [0.1, 0.15) is 58.0 Å². The average Bonchev–Trinajstić information content (AvgIpc) is 2.91. The maximum Gasteiger partial charge on any atom is 0.134 e. The number of para-hydroxylation sites is 1. The summed E-state index contributed by atoms with van der Waals surface area (Å²) in [5.74, 6) is -12.3. The van der Waals surface area contributed by atoms with Crippen LogP contribution in [0.1, 0.15) is 47.6 Å². The predicted molar refractivity (Wildman–Crippen MR) is 144 cm³/mol. The molecule has 0 bridgehead atoms. The fourth-order valence-electron chi connectivity index (χ4n) is 5.77. The Balaban J connectivity index is 1.52. The van der Waals surface area contributed by atoms with Crippen molar-refractivity contribution in [1.82, 2.24) is 0 Å². The Morgan fingerprint density at radius 1 is 0.535 bits per heavy atom. The number of fused-ring (bicyclic) bond motifs is 2. The molecule has 0 spiro atoms. The van der Waals surface area contributed by atoms with Crippen LogP contribution in [0.3, 0.4) is 0 Å². The SMILES string of the molecule is CC1(C)c2ccccc2Oc2ccc(-c3c(F)cc(C(c4c(F)cc(F)cc4F)c4c(F)cc(F)cc4F)cc3F)cc21. The molecule has 0 unspecified atom stereocenters. The molecule has 0 fully saturated rings. The van der Waals surface area contributed by atoms with Gasteiger partial charge in [-0.05, 0) is 41.5 Å². The highest BCUT2D eigenvalue weighted by Crippen LogP contribution is 2.49. The lowest BCUT2D eigenvalue weighted by molar-refractivity contribution is 0.418. The van der Waals surface area contributed by atoms with Gasteiger partial charge >= 0.3 is 0 Å². The molecule has 0 aromatic heterocycles. The number of hydrogen-bond acceptors (Lipinski definition) is 1. The third-order valence-electron chi connectivity index (χ3n) is 7.78. The van der Waals surface area contributed by atoms with E-state index < -0.39 is 80.1 Å². The molecule has 0 saturated heterocycles. The lowest BCUT2D eigenvalue weighted by atomic mass is 9.75. The molecule has 1 heterocycles. The first-order chi connectivity index (χ1) is 20.4. The van der Waals surface area contributed by atoms with Crippen LogP contribution in [0.4, 0.5) is 35.1 Å². The van der Waals surface area contributed by atoms with Crippen LogP contribution in [-0.4, -0.2) is 0 Å². The zero-order valence-corrected chi connectivity index (χ0v) is 22.5. The molecular weight excluding hydrogens is 576 g/mol. The smallest absolute Gasteiger partial charge is 0.134 e. The molecule has 0 atom stereocenters. The van der Waals surface area contributed by atoms with E-state index in [1.807, 2.05) is 38.1 Å². The maximum absolute atomic E-state index is 15.8. The fraction of sp³-hybridized carbons (Fsp3) is 0.118. The minimum absolute atomic E-state index is 0.103. The summed E-state index contributed by atoms with van der Waals surface area (Å²) in [6.45, 7) is 3.85. The van der Waals surface area contributed by atoms with Gasteiger partial charge in [-0.1, -0.05) is 38.1 Å². The van der Waals surface area contributed by atoms with Gasteiger partial charge in [-0.3, -0.25) is 0 Å². The van der Waals surface area contributed by atoms with Crippen LogP contribution in [0.15, 0.2) is 78.9 Å². The van der Waals surface area contributed by atoms with Crippen molar-refractivity contribution in [2.75, 3.05) is 0 Å². The second kappa shape index (κ2) is 10.3. The summed E-state index contributed by atoms with van der Waals surface area (Å²) >= 11 is 0. The van der Waals surface area contributed by atoms with Crippen LogP contribution < -0.4 is 4.74 Å². The van der Waals surface area contributed by atoms with E-state index in [9.17, 15) is 26.3 Å². The molecule has 9 heteroatoms. The molecule has 0 N–H and O–H groups in total. The quantitative estimate of drug-likeness (QED) is 0.148. The molecule has 6 rings (SSSR count). The van der Waals surface area contributed by atoms with Crippen molar-refractivity contribution in [1.29, 1.82) is 0 Å². The number of hydrogen-bond donors (Lipinski definition) is 0. The van der Waals surface area contributed by atoms with Gasteiger partial charge in [0, 0.05) is 57.9 Å². The summed E-state index contributed by atoms with van der Waals surface area (Å²) in [4.78, 5) is 0. The van der Waals surface area contributed by atoms with Gasteiger partial charge in [-0.15, -0.1) is 0 Å². The van der Waals surface area contributed by atoms with Crippen molar-refractivity contribution >= 4 is 0 Å². The van der Waals surface area contributed by atoms with E-state index in [4.69, 9.17) is 4.74 Å². The zero-order valence-electron chi connectivity index (χ0n) is 22.5. The highest BCUT2D eigenvalue weighted by atomic mass is 19.2. The second-order valence-corrected chi connectivity index (χ2v) is 10.8. The van der Waals surface area contributed by atoms with Crippen molar-refractivity contribution in [3.05, 3.63) is 153 Å². The van der Waals surface area contributed by atoms with Crippen molar-refractivity contribution < 1.29 is 39.9 Å². The summed E-state index contributed by atoms with van der Waals surface area (Å²) in [5, 5.41) is 0. The topological polar surface area (TPSA) is 9.23 Å². The van der Waals surface area contributed by atoms with Crippen LogP contribution in [0.5, 0.6) is 11.5 Å². The molecule has 0 radical (unpaired) electrons. The minimum Gasteiger partial charge on any atom is -0.457 e. The Morgan fingerprint density at radius 3 is 1.56 bits per heavy atom. The largest absolute Gasteiger partial charge is 0.457 e. The first-order valence-corrected chi connectivity index (χ1v) is 13.1. The highest BCUT2D eigenvalue weighted by Gasteiger charge is 2.35. The lowest BCUT2D eigenvalue weighted by Gasteiger charge is -2.34. The van der Waals surface area contributed by atoms with Gasteiger partial charge in [0.25, 0.3) is 0 Å². The molecule has 0 aliphatic carbocycles. The average molecular weight is 597 g/mol. The highest BCUT2D eigenvalue weighted by molar-refractivity contribution is 5.70. The van der Waals surface area contributed by atoms with Crippen LogP contribution >= 0.6 is 0 Å². The van der Waals surface area contributed by atoms with E-state index in [2.05, 4.69) is 0 Å². The molecule has 0 saturated carbocycles. The van der Waals surface area contributed by atoms with E-state index in [1.165, 1.54) is 6.07 Å². The molecule has 218 valence electrons. The van der Waals surface area contributed by atoms with E-state index >= 15 is 8.78 Å². The second-order valence-electron chi connectivity index (χ2n) is 10.8. The normalized spacial score (nSPS) is 13.5. The molecule has 1 aliphatic heterocycles. The Morgan fingerprint density at radius 2 is 1.02 bits per heavy atom.